The molecule has 0 aliphatic heterocycles. The van der Waals surface area contributed by atoms with Gasteiger partial charge in [0.15, 0.2) is 0 Å². The van der Waals surface area contributed by atoms with Gasteiger partial charge in [-0.1, -0.05) is 99.3 Å². The lowest BCUT2D eigenvalue weighted by Gasteiger charge is -2.29. The van der Waals surface area contributed by atoms with Crippen LogP contribution in [0, 0.1) is 5.92 Å². The first-order valence-electron chi connectivity index (χ1n) is 12.9. The molecule has 0 fully saturated rings. The molecule has 2 nitrogen and oxygen atoms in total. The Hall–Kier alpha value is -2.49. The van der Waals surface area contributed by atoms with Crippen molar-refractivity contribution >= 4 is 17.5 Å². The van der Waals surface area contributed by atoms with Crippen LogP contribution < -0.4 is 5.32 Å². The van der Waals surface area contributed by atoms with Gasteiger partial charge in [-0.3, -0.25) is 5.32 Å². The molecule has 0 saturated heterocycles. The predicted octanol–water partition coefficient (Wildman–Crippen LogP) is 7.66. The van der Waals surface area contributed by atoms with E-state index in [1.54, 1.807) is 0 Å². The van der Waals surface area contributed by atoms with Gasteiger partial charge in [0.25, 0.3) is 0 Å². The molecular formula is C32H42N2S. The molecular weight excluding hydrogens is 444 g/mol. The van der Waals surface area contributed by atoms with Gasteiger partial charge in [-0.25, -0.2) is 0 Å². The molecule has 3 aromatic carbocycles. The lowest BCUT2D eigenvalue weighted by molar-refractivity contribution is 0.350. The lowest BCUT2D eigenvalue weighted by Crippen LogP contribution is -2.39. The standard InChI is InChI=1S/C32H42N2S/c1-26(2)18-19-30-16-11-17-32(22-30)28(4)34(21-20-29-12-7-5-8-13-29)25-33-27(3)23-35-24-31-14-9-6-10-15-31/h5-17,22,26-27,33H,4,18-21,23-25H2,1-3H3. The summed E-state index contributed by atoms with van der Waals surface area (Å²) in [5.74, 6) is 2.86. The van der Waals surface area contributed by atoms with Crippen molar-refractivity contribution in [3.63, 3.8) is 0 Å². The van der Waals surface area contributed by atoms with Crippen molar-refractivity contribution < 1.29 is 0 Å². The smallest absolute Gasteiger partial charge is 0.0684 e. The average molecular weight is 487 g/mol. The third-order valence-corrected chi connectivity index (χ3v) is 7.55. The average Bonchev–Trinajstić information content (AvgIpc) is 2.88. The normalized spacial score (nSPS) is 12.0. The molecule has 1 unspecified atom stereocenters. The minimum absolute atomic E-state index is 0.424. The molecule has 0 amide bonds. The van der Waals surface area contributed by atoms with E-state index in [1.807, 2.05) is 11.8 Å². The summed E-state index contributed by atoms with van der Waals surface area (Å²) < 4.78 is 0. The lowest BCUT2D eigenvalue weighted by atomic mass is 10.00. The van der Waals surface area contributed by atoms with Crippen LogP contribution in [0.2, 0.25) is 0 Å². The minimum atomic E-state index is 0.424. The van der Waals surface area contributed by atoms with Crippen molar-refractivity contribution in [2.45, 2.75) is 51.8 Å². The first-order chi connectivity index (χ1) is 17.0. The predicted molar refractivity (Wildman–Crippen MR) is 156 cm³/mol. The molecule has 186 valence electrons. The number of nitrogens with zero attached hydrogens (tertiary/aromatic N) is 1. The first-order valence-corrected chi connectivity index (χ1v) is 14.1. The number of nitrogens with one attached hydrogen (secondary N) is 1. The fourth-order valence-corrected chi connectivity index (χ4v) is 5.03. The van der Waals surface area contributed by atoms with Crippen LogP contribution in [-0.4, -0.2) is 29.9 Å². The van der Waals surface area contributed by atoms with Crippen molar-refractivity contribution in [3.05, 3.63) is 114 Å². The van der Waals surface area contributed by atoms with Gasteiger partial charge >= 0.3 is 0 Å². The van der Waals surface area contributed by atoms with Crippen molar-refractivity contribution in [1.29, 1.82) is 0 Å². The van der Waals surface area contributed by atoms with Gasteiger partial charge in [0.05, 0.1) is 6.67 Å². The van der Waals surface area contributed by atoms with Crippen molar-refractivity contribution in [1.82, 2.24) is 10.2 Å². The Balaban J connectivity index is 1.59. The SMILES string of the molecule is C=C(c1cccc(CCC(C)C)c1)N(CCc1ccccc1)CNC(C)CSCc1ccccc1. The third-order valence-electron chi connectivity index (χ3n) is 6.28. The summed E-state index contributed by atoms with van der Waals surface area (Å²) in [6.07, 6.45) is 3.34. The summed E-state index contributed by atoms with van der Waals surface area (Å²) in [7, 11) is 0. The van der Waals surface area contributed by atoms with E-state index < -0.39 is 0 Å². The molecule has 1 atom stereocenters. The quantitative estimate of drug-likeness (QED) is 0.222. The molecule has 0 aromatic heterocycles. The molecule has 0 saturated carbocycles. The van der Waals surface area contributed by atoms with Gasteiger partial charge in [0, 0.05) is 29.8 Å². The topological polar surface area (TPSA) is 15.3 Å². The highest BCUT2D eigenvalue weighted by Crippen LogP contribution is 2.21. The van der Waals surface area contributed by atoms with Crippen molar-refractivity contribution in [2.75, 3.05) is 19.0 Å². The first kappa shape index (κ1) is 27.1. The maximum absolute atomic E-state index is 4.53. The fourth-order valence-electron chi connectivity index (χ4n) is 4.02. The number of benzene rings is 3. The van der Waals surface area contributed by atoms with Crippen LogP contribution in [0.5, 0.6) is 0 Å². The molecule has 0 aliphatic rings. The zero-order chi connectivity index (χ0) is 24.9. The van der Waals surface area contributed by atoms with Gasteiger partial charge in [0.1, 0.15) is 0 Å². The summed E-state index contributed by atoms with van der Waals surface area (Å²) in [5, 5.41) is 3.75. The van der Waals surface area contributed by atoms with Gasteiger partial charge in [-0.15, -0.1) is 0 Å². The summed E-state index contributed by atoms with van der Waals surface area (Å²) in [4.78, 5) is 2.41. The molecule has 0 spiro atoms. The van der Waals surface area contributed by atoms with E-state index in [1.165, 1.54) is 28.7 Å². The van der Waals surface area contributed by atoms with Crippen molar-refractivity contribution in [3.8, 4) is 0 Å². The molecule has 0 bridgehead atoms. The van der Waals surface area contributed by atoms with E-state index in [9.17, 15) is 0 Å². The summed E-state index contributed by atoms with van der Waals surface area (Å²) in [6, 6.07) is 30.9. The van der Waals surface area contributed by atoms with E-state index in [4.69, 9.17) is 0 Å². The molecule has 0 heterocycles. The van der Waals surface area contributed by atoms with Gasteiger partial charge in [-0.05, 0) is 60.4 Å². The molecule has 3 aromatic rings. The Morgan fingerprint density at radius 3 is 2.17 bits per heavy atom. The monoisotopic (exact) mass is 486 g/mol. The van der Waals surface area contributed by atoms with Crippen LogP contribution in [0.3, 0.4) is 0 Å². The second kappa shape index (κ2) is 14.8. The highest BCUT2D eigenvalue weighted by atomic mass is 32.2. The molecule has 0 radical (unpaired) electrons. The van der Waals surface area contributed by atoms with E-state index in [-0.39, 0.29) is 0 Å². The molecule has 3 rings (SSSR count). The van der Waals surface area contributed by atoms with Crippen LogP contribution in [0.1, 0.15) is 49.4 Å². The fraction of sp³-hybridized carbons (Fsp3) is 0.375. The summed E-state index contributed by atoms with van der Waals surface area (Å²) >= 11 is 1.99. The Labute approximate surface area is 217 Å². The Morgan fingerprint density at radius 1 is 0.829 bits per heavy atom. The molecule has 0 aliphatic carbocycles. The van der Waals surface area contributed by atoms with E-state index in [2.05, 4.69) is 122 Å². The molecule has 35 heavy (non-hydrogen) atoms. The highest BCUT2D eigenvalue weighted by Gasteiger charge is 2.13. The molecule has 1 N–H and O–H groups in total. The van der Waals surface area contributed by atoms with Crippen LogP contribution in [0.15, 0.2) is 91.5 Å². The number of thioether (sulfide) groups is 1. The number of hydrogen-bond donors (Lipinski definition) is 1. The van der Waals surface area contributed by atoms with E-state index >= 15 is 0 Å². The van der Waals surface area contributed by atoms with Crippen LogP contribution >= 0.6 is 11.8 Å². The van der Waals surface area contributed by atoms with Crippen molar-refractivity contribution in [2.24, 2.45) is 5.92 Å². The number of aryl methyl sites for hydroxylation is 1. The zero-order valence-corrected chi connectivity index (χ0v) is 22.6. The zero-order valence-electron chi connectivity index (χ0n) is 21.7. The second-order valence-corrected chi connectivity index (χ2v) is 10.9. The number of rotatable bonds is 15. The van der Waals surface area contributed by atoms with E-state index in [0.29, 0.717) is 6.04 Å². The third kappa shape index (κ3) is 9.95. The largest absolute Gasteiger partial charge is 0.358 e. The van der Waals surface area contributed by atoms with E-state index in [0.717, 1.165) is 49.2 Å². The van der Waals surface area contributed by atoms with Gasteiger partial charge in [0.2, 0.25) is 0 Å². The van der Waals surface area contributed by atoms with Gasteiger partial charge < -0.3 is 4.90 Å². The highest BCUT2D eigenvalue weighted by molar-refractivity contribution is 7.98. The maximum Gasteiger partial charge on any atom is 0.0684 e. The Morgan fingerprint density at radius 2 is 1.49 bits per heavy atom. The Bertz CT molecular complexity index is 1000. The second-order valence-electron chi connectivity index (χ2n) is 9.84. The maximum atomic E-state index is 4.53. The minimum Gasteiger partial charge on any atom is -0.358 e. The number of hydrogen-bond acceptors (Lipinski definition) is 3. The van der Waals surface area contributed by atoms with Crippen LogP contribution in [0.25, 0.3) is 5.70 Å². The van der Waals surface area contributed by atoms with Crippen LogP contribution in [0.4, 0.5) is 0 Å². The Kier molecular flexibility index (Phi) is 11.5. The van der Waals surface area contributed by atoms with Crippen LogP contribution in [-0.2, 0) is 18.6 Å². The summed E-state index contributed by atoms with van der Waals surface area (Å²) in [5.41, 5.74) is 6.48. The summed E-state index contributed by atoms with van der Waals surface area (Å²) in [6.45, 7) is 13.1. The van der Waals surface area contributed by atoms with Gasteiger partial charge in [-0.2, -0.15) is 11.8 Å². The molecule has 3 heteroatoms.